The topological polar surface area (TPSA) is 78.4 Å². The molecule has 0 bridgehead atoms. The predicted octanol–water partition coefficient (Wildman–Crippen LogP) is 5.75. The number of alkyl halides is 3. The molecule has 200 valence electrons. The lowest BCUT2D eigenvalue weighted by Crippen LogP contribution is -2.37. The second kappa shape index (κ2) is 11.2. The second-order valence-electron chi connectivity index (χ2n) is 9.62. The van der Waals surface area contributed by atoms with Crippen molar-refractivity contribution in [3.8, 4) is 0 Å². The normalized spacial score (nSPS) is 15.2. The first kappa shape index (κ1) is 27.1. The Hall–Kier alpha value is -3.95. The standard InChI is InChI=1S/C28H30F3N5O2/c1-18-13-15-36(16-14-18)25-23(11-12-24(34-25)28(29,30)31)35(3)27(38)19(2)20-9-10-22(32-17-20)26(37)33-21-7-5-4-6-8-21/h4-12,17-19H,13-16H2,1-3H3,(H,33,37). The number of likely N-dealkylation sites (N-methyl/N-ethyl adjacent to an activating group) is 1. The minimum atomic E-state index is -4.59. The van der Waals surface area contributed by atoms with Gasteiger partial charge in [-0.05, 0) is 61.6 Å². The number of nitrogens with one attached hydrogen (secondary N) is 1. The Kier molecular flexibility index (Phi) is 7.99. The van der Waals surface area contributed by atoms with Crippen molar-refractivity contribution in [2.24, 2.45) is 5.92 Å². The van der Waals surface area contributed by atoms with Crippen LogP contribution in [0, 0.1) is 5.92 Å². The molecular formula is C28H30F3N5O2. The molecule has 0 saturated carbocycles. The van der Waals surface area contributed by atoms with E-state index in [1.165, 1.54) is 30.3 Å². The average molecular weight is 526 g/mol. The summed E-state index contributed by atoms with van der Waals surface area (Å²) < 4.78 is 40.4. The van der Waals surface area contributed by atoms with Crippen LogP contribution in [0.3, 0.4) is 0 Å². The summed E-state index contributed by atoms with van der Waals surface area (Å²) in [5.41, 5.74) is 0.733. The Bertz CT molecular complexity index is 1270. The van der Waals surface area contributed by atoms with Crippen LogP contribution in [0.4, 0.5) is 30.4 Å². The number of aromatic nitrogens is 2. The van der Waals surface area contributed by atoms with E-state index < -0.39 is 17.8 Å². The molecule has 10 heteroatoms. The molecule has 3 heterocycles. The Balaban J connectivity index is 1.53. The number of piperidine rings is 1. The highest BCUT2D eigenvalue weighted by molar-refractivity contribution is 6.03. The first-order chi connectivity index (χ1) is 18.0. The monoisotopic (exact) mass is 525 g/mol. The molecule has 38 heavy (non-hydrogen) atoms. The molecule has 0 radical (unpaired) electrons. The minimum absolute atomic E-state index is 0.154. The number of para-hydroxylation sites is 1. The van der Waals surface area contributed by atoms with E-state index in [-0.39, 0.29) is 23.3 Å². The number of carbonyl (C=O) groups excluding carboxylic acids is 2. The van der Waals surface area contributed by atoms with Crippen LogP contribution >= 0.6 is 0 Å². The number of hydrogen-bond donors (Lipinski definition) is 1. The predicted molar refractivity (Wildman–Crippen MR) is 140 cm³/mol. The van der Waals surface area contributed by atoms with E-state index >= 15 is 0 Å². The van der Waals surface area contributed by atoms with E-state index in [4.69, 9.17) is 0 Å². The van der Waals surface area contributed by atoms with Gasteiger partial charge in [-0.2, -0.15) is 13.2 Å². The molecule has 0 spiro atoms. The van der Waals surface area contributed by atoms with E-state index in [9.17, 15) is 22.8 Å². The summed E-state index contributed by atoms with van der Waals surface area (Å²) in [5.74, 6) is -0.738. The van der Waals surface area contributed by atoms with Crippen LogP contribution in [-0.2, 0) is 11.0 Å². The highest BCUT2D eigenvalue weighted by Crippen LogP contribution is 2.36. The minimum Gasteiger partial charge on any atom is -0.355 e. The molecule has 0 aliphatic carbocycles. The number of carbonyl (C=O) groups is 2. The molecule has 1 fully saturated rings. The molecule has 7 nitrogen and oxygen atoms in total. The molecule has 1 saturated heterocycles. The largest absolute Gasteiger partial charge is 0.433 e. The number of hydrogen-bond acceptors (Lipinski definition) is 5. The summed E-state index contributed by atoms with van der Waals surface area (Å²) in [6, 6.07) is 14.4. The molecule has 1 aromatic carbocycles. The van der Waals surface area contributed by atoms with Gasteiger partial charge >= 0.3 is 6.18 Å². The maximum atomic E-state index is 13.5. The average Bonchev–Trinajstić information content (AvgIpc) is 2.92. The third-order valence-corrected chi connectivity index (χ3v) is 6.84. The molecule has 1 N–H and O–H groups in total. The summed E-state index contributed by atoms with van der Waals surface area (Å²) >= 11 is 0. The van der Waals surface area contributed by atoms with Crippen LogP contribution < -0.4 is 15.1 Å². The quantitative estimate of drug-likeness (QED) is 0.443. The van der Waals surface area contributed by atoms with Crippen molar-refractivity contribution >= 4 is 29.0 Å². The number of anilines is 3. The highest BCUT2D eigenvalue weighted by atomic mass is 19.4. The van der Waals surface area contributed by atoms with Gasteiger partial charge in [0.25, 0.3) is 5.91 Å². The van der Waals surface area contributed by atoms with Crippen molar-refractivity contribution in [2.75, 3.05) is 35.3 Å². The lowest BCUT2D eigenvalue weighted by Gasteiger charge is -2.34. The third kappa shape index (κ3) is 6.12. The maximum absolute atomic E-state index is 13.5. The van der Waals surface area contributed by atoms with E-state index in [1.54, 1.807) is 37.3 Å². The number of benzene rings is 1. The number of rotatable bonds is 6. The van der Waals surface area contributed by atoms with Crippen LogP contribution in [0.5, 0.6) is 0 Å². The highest BCUT2D eigenvalue weighted by Gasteiger charge is 2.35. The van der Waals surface area contributed by atoms with Gasteiger partial charge in [0, 0.05) is 32.0 Å². The van der Waals surface area contributed by atoms with Crippen molar-refractivity contribution in [1.29, 1.82) is 0 Å². The smallest absolute Gasteiger partial charge is 0.355 e. The molecule has 1 unspecified atom stereocenters. The van der Waals surface area contributed by atoms with Gasteiger partial charge in [0.15, 0.2) is 5.82 Å². The van der Waals surface area contributed by atoms with Gasteiger partial charge < -0.3 is 15.1 Å². The van der Waals surface area contributed by atoms with Crippen molar-refractivity contribution in [1.82, 2.24) is 9.97 Å². The van der Waals surface area contributed by atoms with E-state index in [0.717, 1.165) is 18.9 Å². The Morgan fingerprint density at radius 2 is 1.74 bits per heavy atom. The molecule has 2 aromatic heterocycles. The van der Waals surface area contributed by atoms with E-state index in [1.807, 2.05) is 11.0 Å². The summed E-state index contributed by atoms with van der Waals surface area (Å²) in [6.07, 6.45) is -1.46. The third-order valence-electron chi connectivity index (χ3n) is 6.84. The fourth-order valence-electron chi connectivity index (χ4n) is 4.38. The molecule has 3 aromatic rings. The summed E-state index contributed by atoms with van der Waals surface area (Å²) in [6.45, 7) is 4.94. The van der Waals surface area contributed by atoms with Gasteiger partial charge in [0.2, 0.25) is 5.91 Å². The first-order valence-electron chi connectivity index (χ1n) is 12.5. The van der Waals surface area contributed by atoms with Crippen molar-refractivity contribution in [2.45, 2.75) is 38.8 Å². The zero-order valence-electron chi connectivity index (χ0n) is 21.5. The van der Waals surface area contributed by atoms with Gasteiger partial charge in [-0.1, -0.05) is 31.2 Å². The SMILES string of the molecule is CC1CCN(c2nc(C(F)(F)F)ccc2N(C)C(=O)C(C)c2ccc(C(=O)Nc3ccccc3)nc2)CC1. The number of pyridine rings is 2. The van der Waals surface area contributed by atoms with Gasteiger partial charge in [-0.3, -0.25) is 14.6 Å². The van der Waals surface area contributed by atoms with Crippen LogP contribution in [-0.4, -0.2) is 41.9 Å². The number of nitrogens with zero attached hydrogens (tertiary/aromatic N) is 4. The lowest BCUT2D eigenvalue weighted by molar-refractivity contribution is -0.141. The molecule has 1 atom stereocenters. The lowest BCUT2D eigenvalue weighted by atomic mass is 9.99. The Labute approximate surface area is 219 Å². The van der Waals surface area contributed by atoms with Crippen molar-refractivity contribution in [3.05, 3.63) is 77.7 Å². The molecule has 1 aliphatic rings. The zero-order valence-corrected chi connectivity index (χ0v) is 21.5. The van der Waals surface area contributed by atoms with Crippen LogP contribution in [0.15, 0.2) is 60.8 Å². The van der Waals surface area contributed by atoms with Crippen molar-refractivity contribution in [3.63, 3.8) is 0 Å². The van der Waals surface area contributed by atoms with Gasteiger partial charge in [-0.25, -0.2) is 4.98 Å². The second-order valence-corrected chi connectivity index (χ2v) is 9.62. The van der Waals surface area contributed by atoms with Gasteiger partial charge in [0.1, 0.15) is 11.4 Å². The van der Waals surface area contributed by atoms with Crippen LogP contribution in [0.25, 0.3) is 0 Å². The Morgan fingerprint density at radius 3 is 2.34 bits per heavy atom. The number of amides is 2. The molecular weight excluding hydrogens is 495 g/mol. The maximum Gasteiger partial charge on any atom is 0.433 e. The fraction of sp³-hybridized carbons (Fsp3) is 0.357. The first-order valence-corrected chi connectivity index (χ1v) is 12.5. The Morgan fingerprint density at radius 1 is 1.05 bits per heavy atom. The zero-order chi connectivity index (χ0) is 27.4. The molecule has 1 aliphatic heterocycles. The molecule has 4 rings (SSSR count). The van der Waals surface area contributed by atoms with Crippen molar-refractivity contribution < 1.29 is 22.8 Å². The van der Waals surface area contributed by atoms with E-state index in [0.29, 0.717) is 35.9 Å². The molecule has 2 amide bonds. The van der Waals surface area contributed by atoms with Crippen LogP contribution in [0.2, 0.25) is 0 Å². The summed E-state index contributed by atoms with van der Waals surface area (Å²) in [5, 5.41) is 2.76. The summed E-state index contributed by atoms with van der Waals surface area (Å²) in [4.78, 5) is 37.2. The fourth-order valence-corrected chi connectivity index (χ4v) is 4.38. The van der Waals surface area contributed by atoms with Crippen LogP contribution in [0.1, 0.15) is 54.4 Å². The van der Waals surface area contributed by atoms with Gasteiger partial charge in [0.05, 0.1) is 11.6 Å². The summed E-state index contributed by atoms with van der Waals surface area (Å²) in [7, 11) is 1.54. The van der Waals surface area contributed by atoms with Gasteiger partial charge in [-0.15, -0.1) is 0 Å². The van der Waals surface area contributed by atoms with E-state index in [2.05, 4.69) is 22.2 Å². The number of halogens is 3.